The molecule has 0 amide bonds. The Balaban J connectivity index is 1.24. The second kappa shape index (κ2) is 14.0. The lowest BCUT2D eigenvalue weighted by molar-refractivity contribution is 0.332. The first-order chi connectivity index (χ1) is 32.2. The van der Waals surface area contributed by atoms with Gasteiger partial charge in [0.2, 0.25) is 0 Å². The van der Waals surface area contributed by atoms with Crippen molar-refractivity contribution in [3.8, 4) is 0 Å². The summed E-state index contributed by atoms with van der Waals surface area (Å²) in [4.78, 5) is 5.42. The predicted octanol–water partition coefficient (Wildman–Crippen LogP) is 16.3. The molecule has 4 heteroatoms. The molecule has 3 heterocycles. The van der Waals surface area contributed by atoms with Gasteiger partial charge in [-0.15, -0.1) is 0 Å². The molecule has 3 nitrogen and oxygen atoms in total. The van der Waals surface area contributed by atoms with Crippen LogP contribution in [-0.2, 0) is 37.9 Å². The third-order valence-electron chi connectivity index (χ3n) is 18.8. The van der Waals surface area contributed by atoms with Crippen molar-refractivity contribution in [1.29, 1.82) is 0 Å². The van der Waals surface area contributed by atoms with Gasteiger partial charge in [-0.25, -0.2) is 0 Å². The fourth-order valence-electron chi connectivity index (χ4n) is 14.2. The highest BCUT2D eigenvalue weighted by atomic mass is 16.3. The van der Waals surface area contributed by atoms with Gasteiger partial charge in [0.1, 0.15) is 11.2 Å². The fourth-order valence-corrected chi connectivity index (χ4v) is 14.2. The SMILES string of the molecule is Cc1cc2c3c(c1)N(c1ccc4c(oc5ccccc54)c1C(C)(C)C)c1cc4c(cc1B3c1cc3c(cc1N2c1ccc2c(c1)C(C)(C)CCC2(C)C)C(C)(C)CCC3(C)C)C(C)(C)CCC4(C)C. The Labute approximate surface area is 414 Å². The molecule has 354 valence electrons. The molecule has 2 aliphatic heterocycles. The lowest BCUT2D eigenvalue weighted by Crippen LogP contribution is -2.62. The van der Waals surface area contributed by atoms with Gasteiger partial charge in [0.25, 0.3) is 6.71 Å². The topological polar surface area (TPSA) is 19.6 Å². The van der Waals surface area contributed by atoms with E-state index in [1.54, 1.807) is 0 Å². The number of hydrogen-bond donors (Lipinski definition) is 0. The van der Waals surface area contributed by atoms with Crippen LogP contribution in [0.1, 0.15) is 187 Å². The quantitative estimate of drug-likeness (QED) is 0.161. The molecule has 0 unspecified atom stereocenters. The maximum absolute atomic E-state index is 7.02. The van der Waals surface area contributed by atoms with E-state index in [0.29, 0.717) is 0 Å². The van der Waals surface area contributed by atoms with Crippen LogP contribution in [0, 0.1) is 6.92 Å². The van der Waals surface area contributed by atoms with Gasteiger partial charge in [-0.2, -0.15) is 0 Å². The minimum atomic E-state index is -0.237. The Kier molecular flexibility index (Phi) is 9.13. The summed E-state index contributed by atoms with van der Waals surface area (Å²) in [5, 5.41) is 2.36. The Morgan fingerprint density at radius 1 is 0.449 bits per heavy atom. The van der Waals surface area contributed by atoms with Gasteiger partial charge in [0.15, 0.2) is 0 Å². The van der Waals surface area contributed by atoms with Crippen molar-refractivity contribution >= 4 is 79.2 Å². The first-order valence-corrected chi connectivity index (χ1v) is 26.4. The third-order valence-corrected chi connectivity index (χ3v) is 18.8. The minimum Gasteiger partial charge on any atom is -0.456 e. The van der Waals surface area contributed by atoms with Crippen molar-refractivity contribution in [2.45, 2.75) is 187 Å². The van der Waals surface area contributed by atoms with Crippen LogP contribution in [0.3, 0.4) is 0 Å². The molecule has 0 saturated carbocycles. The van der Waals surface area contributed by atoms with Crippen LogP contribution >= 0.6 is 0 Å². The zero-order valence-corrected chi connectivity index (χ0v) is 44.8. The van der Waals surface area contributed by atoms with E-state index < -0.39 is 0 Å². The number of para-hydroxylation sites is 1. The molecule has 1 aromatic heterocycles. The first kappa shape index (κ1) is 45.0. The van der Waals surface area contributed by atoms with Gasteiger partial charge >= 0.3 is 0 Å². The zero-order valence-electron chi connectivity index (χ0n) is 44.8. The molecule has 7 aromatic rings. The highest BCUT2D eigenvalue weighted by Gasteiger charge is 2.49. The van der Waals surface area contributed by atoms with Crippen molar-refractivity contribution in [1.82, 2.24) is 0 Å². The molecule has 12 rings (SSSR count). The Hall–Kier alpha value is -5.22. The third kappa shape index (κ3) is 6.37. The normalized spacial score (nSPS) is 20.7. The molecular formula is C65H75BN2O. The van der Waals surface area contributed by atoms with Gasteiger partial charge in [-0.3, -0.25) is 0 Å². The van der Waals surface area contributed by atoms with Crippen molar-refractivity contribution in [3.05, 3.63) is 136 Å². The average molecular weight is 911 g/mol. The molecule has 0 spiro atoms. The predicted molar refractivity (Wildman–Crippen MR) is 297 cm³/mol. The highest BCUT2D eigenvalue weighted by Crippen LogP contribution is 2.55. The van der Waals surface area contributed by atoms with Crippen molar-refractivity contribution in [2.75, 3.05) is 9.80 Å². The van der Waals surface area contributed by atoms with Gasteiger partial charge in [-0.1, -0.05) is 140 Å². The standard InChI is InChI=1S/C65H75BN2O/c1-38-31-53-57-54(32-38)68(50-24-22-41-40-19-17-18-20-55(40)69-58(41)56(50)59(2,3)4)52-37-47-45(63(11,12)28-30-65(47,15)16)35-49(52)66(57)48-34-44-46(64(13,14)29-27-62(44,9)10)36-51(48)67(53)39-21-23-42-43(33-39)61(7,8)26-25-60(42,5)6/h17-24,31-37H,25-30H2,1-16H3. The number of nitrogens with zero attached hydrogens (tertiary/aromatic N) is 2. The Morgan fingerprint density at radius 3 is 1.45 bits per heavy atom. The first-order valence-electron chi connectivity index (χ1n) is 26.4. The number of furan rings is 1. The highest BCUT2D eigenvalue weighted by molar-refractivity contribution is 7.00. The average Bonchev–Trinajstić information content (AvgIpc) is 3.65. The van der Waals surface area contributed by atoms with Crippen LogP contribution in [0.25, 0.3) is 21.9 Å². The van der Waals surface area contributed by atoms with Crippen LogP contribution in [0.5, 0.6) is 0 Å². The summed E-state index contributed by atoms with van der Waals surface area (Å²) in [7, 11) is 0. The van der Waals surface area contributed by atoms with Crippen LogP contribution in [0.4, 0.5) is 34.1 Å². The van der Waals surface area contributed by atoms with Crippen LogP contribution in [-0.4, -0.2) is 6.71 Å². The van der Waals surface area contributed by atoms with Gasteiger partial charge in [-0.05, 0) is 193 Å². The molecule has 0 radical (unpaired) electrons. The van der Waals surface area contributed by atoms with Gasteiger partial charge in [0.05, 0.1) is 5.69 Å². The molecule has 69 heavy (non-hydrogen) atoms. The molecule has 5 aliphatic rings. The van der Waals surface area contributed by atoms with Crippen molar-refractivity contribution in [2.24, 2.45) is 0 Å². The number of aryl methyl sites for hydroxylation is 1. The molecule has 0 atom stereocenters. The summed E-state index contributed by atoms with van der Waals surface area (Å²) in [5.41, 5.74) is 25.6. The smallest absolute Gasteiger partial charge is 0.252 e. The lowest BCUT2D eigenvalue weighted by Gasteiger charge is -2.49. The van der Waals surface area contributed by atoms with E-state index in [4.69, 9.17) is 4.42 Å². The van der Waals surface area contributed by atoms with E-state index in [1.807, 2.05) is 0 Å². The lowest BCUT2D eigenvalue weighted by atomic mass is 9.32. The largest absolute Gasteiger partial charge is 0.456 e. The van der Waals surface area contributed by atoms with Crippen LogP contribution in [0.2, 0.25) is 0 Å². The van der Waals surface area contributed by atoms with E-state index in [9.17, 15) is 0 Å². The van der Waals surface area contributed by atoms with E-state index in [2.05, 4.69) is 212 Å². The Bertz CT molecular complexity index is 3360. The van der Waals surface area contributed by atoms with E-state index in [0.717, 1.165) is 17.6 Å². The number of fused-ring (bicyclic) bond motifs is 10. The van der Waals surface area contributed by atoms with E-state index >= 15 is 0 Å². The summed E-state index contributed by atoms with van der Waals surface area (Å²) in [6, 6.07) is 36.8. The zero-order chi connectivity index (χ0) is 48.9. The molecular weight excluding hydrogens is 836 g/mol. The second-order valence-corrected chi connectivity index (χ2v) is 27.5. The van der Waals surface area contributed by atoms with Gasteiger partial charge < -0.3 is 14.2 Å². The molecule has 0 saturated heterocycles. The maximum Gasteiger partial charge on any atom is 0.252 e. The molecule has 0 bridgehead atoms. The monoisotopic (exact) mass is 911 g/mol. The second-order valence-electron chi connectivity index (χ2n) is 27.5. The number of hydrogen-bond acceptors (Lipinski definition) is 3. The van der Waals surface area contributed by atoms with Crippen LogP contribution in [0.15, 0.2) is 95.4 Å². The maximum atomic E-state index is 7.02. The van der Waals surface area contributed by atoms with E-state index in [1.165, 1.54) is 138 Å². The Morgan fingerprint density at radius 2 is 0.913 bits per heavy atom. The summed E-state index contributed by atoms with van der Waals surface area (Å²) < 4.78 is 7.02. The molecule has 0 N–H and O–H groups in total. The van der Waals surface area contributed by atoms with E-state index in [-0.39, 0.29) is 44.6 Å². The summed E-state index contributed by atoms with van der Waals surface area (Å²) in [6.07, 6.45) is 7.07. The summed E-state index contributed by atoms with van der Waals surface area (Å²) in [6.45, 7) is 39.3. The molecule has 0 fully saturated rings. The molecule has 3 aliphatic carbocycles. The number of rotatable bonds is 2. The minimum absolute atomic E-state index is 0.0316. The summed E-state index contributed by atoms with van der Waals surface area (Å²) >= 11 is 0. The summed E-state index contributed by atoms with van der Waals surface area (Å²) in [5.74, 6) is 0. The number of benzene rings is 6. The molecule has 6 aromatic carbocycles. The van der Waals surface area contributed by atoms with Crippen molar-refractivity contribution < 1.29 is 4.42 Å². The fraction of sp³-hybridized carbons (Fsp3) is 0.446. The van der Waals surface area contributed by atoms with Crippen molar-refractivity contribution in [3.63, 3.8) is 0 Å². The van der Waals surface area contributed by atoms with Crippen LogP contribution < -0.4 is 26.2 Å². The van der Waals surface area contributed by atoms with Gasteiger partial charge in [0, 0.05) is 44.8 Å². The number of anilines is 6.